The molecule has 2 heterocycles. The average Bonchev–Trinajstić information content (AvgIpc) is 3.40. The van der Waals surface area contributed by atoms with Crippen LogP contribution in [0.4, 0.5) is 0 Å². The maximum absolute atomic E-state index is 6.24. The molecule has 2 N–H and O–H groups in total. The number of aromatic nitrogens is 2. The van der Waals surface area contributed by atoms with E-state index in [-0.39, 0.29) is 54.6 Å². The molecule has 0 bridgehead atoms. The van der Waals surface area contributed by atoms with Crippen LogP contribution in [0.2, 0.25) is 5.02 Å². The van der Waals surface area contributed by atoms with Crippen molar-refractivity contribution < 1.29 is 41.3 Å². The number of imidazole rings is 1. The fourth-order valence-corrected chi connectivity index (χ4v) is 3.29. The molecule has 1 fully saturated rings. The van der Waals surface area contributed by atoms with E-state index in [9.17, 15) is 0 Å². The van der Waals surface area contributed by atoms with Crippen LogP contribution in [0, 0.1) is 61.6 Å². The Kier molecular flexibility index (Phi) is 10.4. The molecule has 1 atom stereocenters. The summed E-state index contributed by atoms with van der Waals surface area (Å²) in [7, 11) is 1.99. The minimum absolute atomic E-state index is 0. The zero-order chi connectivity index (χ0) is 19.6. The summed E-state index contributed by atoms with van der Waals surface area (Å²) in [6.45, 7) is 10.5. The molecule has 1 aliphatic carbocycles. The summed E-state index contributed by atoms with van der Waals surface area (Å²) in [6.07, 6.45) is 11.9. The standard InChI is InChI=1S/C22H29ClN4.CH3.Pr/c1-6-7-18(11-20(24-5)17-8-9-17)25-16(4)15(3)21-13-27-12-19(23)14(2)10-22(27)26-21;;/h7,10-13,15,17,24-25H,4,6,8-9H2,1-3,5H3;1H3;/q;-1;/b18-7-,20-11-;;. The van der Waals surface area contributed by atoms with Crippen molar-refractivity contribution >= 4 is 17.2 Å². The van der Waals surface area contributed by atoms with Crippen molar-refractivity contribution in [3.05, 3.63) is 78.0 Å². The van der Waals surface area contributed by atoms with Gasteiger partial charge in [0.2, 0.25) is 0 Å². The van der Waals surface area contributed by atoms with E-state index in [4.69, 9.17) is 16.6 Å². The summed E-state index contributed by atoms with van der Waals surface area (Å²) in [5.74, 6) is 0.755. The maximum atomic E-state index is 6.24. The number of hydrogen-bond donors (Lipinski definition) is 2. The summed E-state index contributed by atoms with van der Waals surface area (Å²) in [5.41, 5.74) is 6.23. The van der Waals surface area contributed by atoms with E-state index in [1.165, 1.54) is 18.5 Å². The van der Waals surface area contributed by atoms with Crippen LogP contribution in [0.1, 0.15) is 50.3 Å². The fraction of sp³-hybridized carbons (Fsp3) is 0.391. The van der Waals surface area contributed by atoms with Crippen molar-refractivity contribution in [1.82, 2.24) is 20.0 Å². The second kappa shape index (κ2) is 11.5. The molecule has 3 rings (SSSR count). The molecule has 0 saturated heterocycles. The number of allylic oxidation sites excluding steroid dienone is 4. The number of aryl methyl sites for hydroxylation is 1. The smallest absolute Gasteiger partial charge is 0.137 e. The Morgan fingerprint density at radius 2 is 2.10 bits per heavy atom. The molecule has 29 heavy (non-hydrogen) atoms. The second-order valence-corrected chi connectivity index (χ2v) is 7.71. The Morgan fingerprint density at radius 1 is 1.41 bits per heavy atom. The van der Waals surface area contributed by atoms with Crippen molar-refractivity contribution in [2.45, 2.75) is 46.0 Å². The third kappa shape index (κ3) is 6.57. The van der Waals surface area contributed by atoms with Crippen molar-refractivity contribution in [3.63, 3.8) is 0 Å². The third-order valence-electron chi connectivity index (χ3n) is 5.07. The van der Waals surface area contributed by atoms with Crippen molar-refractivity contribution in [2.24, 2.45) is 5.92 Å². The van der Waals surface area contributed by atoms with Gasteiger partial charge < -0.3 is 22.5 Å². The van der Waals surface area contributed by atoms with Crippen LogP contribution in [0.25, 0.3) is 5.65 Å². The zero-order valence-electron chi connectivity index (χ0n) is 18.2. The largest absolute Gasteiger partial charge is 0.391 e. The number of halogens is 1. The molecule has 0 amide bonds. The van der Waals surface area contributed by atoms with Gasteiger partial charge in [0.1, 0.15) is 5.65 Å². The van der Waals surface area contributed by atoms with Gasteiger partial charge >= 0.3 is 0 Å². The van der Waals surface area contributed by atoms with Gasteiger partial charge in [0.25, 0.3) is 0 Å². The van der Waals surface area contributed by atoms with Crippen molar-refractivity contribution in [3.8, 4) is 0 Å². The van der Waals surface area contributed by atoms with Crippen LogP contribution in [0.3, 0.4) is 0 Å². The predicted octanol–water partition coefficient (Wildman–Crippen LogP) is 5.76. The minimum atomic E-state index is 0. The molecule has 6 heteroatoms. The molecular formula is C23H32ClN4Pr-. The Hall–Kier alpha value is -0.836. The Morgan fingerprint density at radius 3 is 2.69 bits per heavy atom. The molecule has 2 aromatic heterocycles. The Bertz CT molecular complexity index is 870. The van der Waals surface area contributed by atoms with Crippen LogP contribution >= 0.6 is 11.6 Å². The first-order valence-electron chi connectivity index (χ1n) is 9.63. The van der Waals surface area contributed by atoms with E-state index in [2.05, 4.69) is 43.2 Å². The molecule has 0 aliphatic heterocycles. The molecule has 4 nitrogen and oxygen atoms in total. The predicted molar refractivity (Wildman–Crippen MR) is 120 cm³/mol. The molecule has 0 aromatic carbocycles. The molecule has 1 unspecified atom stereocenters. The van der Waals surface area contributed by atoms with Crippen LogP contribution in [0.5, 0.6) is 0 Å². The van der Waals surface area contributed by atoms with E-state index in [1.54, 1.807) is 0 Å². The normalized spacial score (nSPS) is 15.3. The van der Waals surface area contributed by atoms with Crippen LogP contribution < -0.4 is 10.6 Å². The van der Waals surface area contributed by atoms with Gasteiger partial charge in [-0.05, 0) is 49.8 Å². The fourth-order valence-electron chi connectivity index (χ4n) is 3.13. The van der Waals surface area contributed by atoms with Gasteiger partial charge in [-0.25, -0.2) is 4.98 Å². The van der Waals surface area contributed by atoms with E-state index < -0.39 is 0 Å². The van der Waals surface area contributed by atoms with Crippen molar-refractivity contribution in [1.29, 1.82) is 0 Å². The zero-order valence-corrected chi connectivity index (χ0v) is 22.7. The first-order valence-corrected chi connectivity index (χ1v) is 10.0. The number of nitrogens with one attached hydrogen (secondary N) is 2. The van der Waals surface area contributed by atoms with Gasteiger partial charge in [0.05, 0.1) is 10.7 Å². The van der Waals surface area contributed by atoms with Gasteiger partial charge in [-0.3, -0.25) is 0 Å². The molecule has 0 spiro atoms. The monoisotopic (exact) mass is 540 g/mol. The summed E-state index contributed by atoms with van der Waals surface area (Å²) in [5, 5.41) is 7.59. The SMILES string of the molecule is C=C(NC(=C\CC)/C=C(\NC)C1CC1)C(C)c1cn2cc(Cl)c(C)cc2n1.[CH3-].[Pr]. The van der Waals surface area contributed by atoms with Gasteiger partial charge in [-0.2, -0.15) is 0 Å². The van der Waals surface area contributed by atoms with Crippen LogP contribution in [-0.4, -0.2) is 16.4 Å². The molecule has 2 aromatic rings. The van der Waals surface area contributed by atoms with Crippen LogP contribution in [-0.2, 0) is 0 Å². The summed E-state index contributed by atoms with van der Waals surface area (Å²) < 4.78 is 1.98. The summed E-state index contributed by atoms with van der Waals surface area (Å²) in [6, 6.07) is 2.01. The molecule has 1 aliphatic rings. The van der Waals surface area contributed by atoms with E-state index in [1.807, 2.05) is 36.8 Å². The minimum Gasteiger partial charge on any atom is -0.391 e. The van der Waals surface area contributed by atoms with E-state index in [0.29, 0.717) is 5.92 Å². The number of rotatable bonds is 8. The van der Waals surface area contributed by atoms with Crippen LogP contribution in [0.15, 0.2) is 54.3 Å². The Balaban J connectivity index is 0.00000210. The number of fused-ring (bicyclic) bond motifs is 1. The summed E-state index contributed by atoms with van der Waals surface area (Å²) >= 11 is 6.24. The van der Waals surface area contributed by atoms with Gasteiger partial charge in [-0.1, -0.05) is 38.1 Å². The number of pyridine rings is 1. The van der Waals surface area contributed by atoms with Gasteiger partial charge in [-0.15, -0.1) is 0 Å². The number of nitrogens with zero attached hydrogens (tertiary/aromatic N) is 2. The second-order valence-electron chi connectivity index (χ2n) is 7.30. The number of hydrogen-bond acceptors (Lipinski definition) is 3. The molecule has 1 saturated carbocycles. The average molecular weight is 541 g/mol. The van der Waals surface area contributed by atoms with Gasteiger partial charge in [0.15, 0.2) is 0 Å². The van der Waals surface area contributed by atoms with Crippen molar-refractivity contribution in [2.75, 3.05) is 7.05 Å². The maximum Gasteiger partial charge on any atom is 0.137 e. The third-order valence-corrected chi connectivity index (χ3v) is 5.46. The molecular weight excluding hydrogens is 509 g/mol. The molecule has 155 valence electrons. The molecule has 1 radical (unpaired) electrons. The van der Waals surface area contributed by atoms with E-state index in [0.717, 1.165) is 39.7 Å². The Labute approximate surface area is 213 Å². The van der Waals surface area contributed by atoms with E-state index >= 15 is 0 Å². The quantitative estimate of drug-likeness (QED) is 0.330. The van der Waals surface area contributed by atoms with Gasteiger partial charge in [0, 0.05) is 83.7 Å². The topological polar surface area (TPSA) is 41.4 Å². The first kappa shape index (κ1) is 26.2. The first-order chi connectivity index (χ1) is 12.9. The summed E-state index contributed by atoms with van der Waals surface area (Å²) in [4.78, 5) is 4.76.